The lowest BCUT2D eigenvalue weighted by molar-refractivity contribution is -0.123. The van der Waals surface area contributed by atoms with Gasteiger partial charge in [-0.3, -0.25) is 4.79 Å². The number of amides is 1. The van der Waals surface area contributed by atoms with Crippen LogP contribution in [0.15, 0.2) is 27.6 Å². The Morgan fingerprint density at radius 1 is 1.21 bits per heavy atom. The Labute approximate surface area is 193 Å². The first-order valence-corrected chi connectivity index (χ1v) is 12.6. The molecule has 2 aromatic rings. The number of sulfonamides is 1. The lowest BCUT2D eigenvalue weighted by atomic mass is 9.80. The van der Waals surface area contributed by atoms with Crippen molar-refractivity contribution in [1.82, 2.24) is 19.8 Å². The molecule has 4 rings (SSSR count). The second-order valence-electron chi connectivity index (χ2n) is 8.51. The van der Waals surface area contributed by atoms with Crippen molar-refractivity contribution < 1.29 is 27.2 Å². The van der Waals surface area contributed by atoms with Crippen LogP contribution in [0.2, 0.25) is 0 Å². The van der Waals surface area contributed by atoms with E-state index in [-0.39, 0.29) is 36.1 Å². The minimum absolute atomic E-state index is 0.0220. The molecule has 0 spiro atoms. The van der Waals surface area contributed by atoms with Gasteiger partial charge in [-0.25, -0.2) is 8.42 Å². The van der Waals surface area contributed by atoms with Crippen LogP contribution in [0.1, 0.15) is 49.4 Å². The molecule has 0 bridgehead atoms. The van der Waals surface area contributed by atoms with Gasteiger partial charge in [-0.15, -0.1) is 0 Å². The predicted octanol–water partition coefficient (Wildman–Crippen LogP) is 1.93. The highest BCUT2D eigenvalue weighted by atomic mass is 32.2. The third-order valence-electron chi connectivity index (χ3n) is 6.22. The maximum atomic E-state index is 13.2. The number of nitrogens with one attached hydrogen (secondary N) is 1. The van der Waals surface area contributed by atoms with E-state index in [1.54, 1.807) is 19.1 Å². The molecule has 1 saturated carbocycles. The smallest absolute Gasteiger partial charge is 0.246 e. The number of hydrogen-bond acceptors (Lipinski definition) is 8. The zero-order valence-corrected chi connectivity index (χ0v) is 19.8. The van der Waals surface area contributed by atoms with E-state index < -0.39 is 15.6 Å². The van der Waals surface area contributed by atoms with Crippen LogP contribution in [0.25, 0.3) is 0 Å². The van der Waals surface area contributed by atoms with Crippen LogP contribution >= 0.6 is 0 Å². The van der Waals surface area contributed by atoms with Crippen LogP contribution in [0.5, 0.6) is 5.75 Å². The number of rotatable bonds is 7. The second kappa shape index (κ2) is 9.78. The topological polar surface area (TPSA) is 124 Å². The first-order chi connectivity index (χ1) is 15.8. The van der Waals surface area contributed by atoms with Gasteiger partial charge in [0.25, 0.3) is 0 Å². The van der Waals surface area contributed by atoms with Gasteiger partial charge >= 0.3 is 0 Å². The third-order valence-corrected chi connectivity index (χ3v) is 8.14. The molecule has 180 valence electrons. The fourth-order valence-electron chi connectivity index (χ4n) is 4.51. The summed E-state index contributed by atoms with van der Waals surface area (Å²) in [6.45, 7) is 2.98. The second-order valence-corrected chi connectivity index (χ2v) is 10.4. The van der Waals surface area contributed by atoms with Gasteiger partial charge in [0, 0.05) is 20.0 Å². The summed E-state index contributed by atoms with van der Waals surface area (Å²) in [5.74, 6) is 0.978. The van der Waals surface area contributed by atoms with E-state index in [2.05, 4.69) is 15.5 Å². The van der Waals surface area contributed by atoms with Crippen LogP contribution in [0.4, 0.5) is 0 Å². The summed E-state index contributed by atoms with van der Waals surface area (Å²) < 4.78 is 43.6. The number of benzene rings is 1. The number of aryl methyl sites for hydroxylation is 1. The molecule has 2 heterocycles. The Kier molecular flexibility index (Phi) is 7.01. The summed E-state index contributed by atoms with van der Waals surface area (Å²) in [6, 6.07) is 4.83. The monoisotopic (exact) mass is 478 g/mol. The fraction of sp³-hybridized carbons (Fsp3) is 0.591. The maximum absolute atomic E-state index is 13.2. The van der Waals surface area contributed by atoms with Crippen LogP contribution in [-0.4, -0.2) is 62.2 Å². The zero-order chi connectivity index (χ0) is 23.5. The molecule has 1 saturated heterocycles. The molecule has 1 aliphatic carbocycles. The first-order valence-electron chi connectivity index (χ1n) is 11.2. The number of morpholine rings is 1. The molecule has 0 radical (unpaired) electrons. The van der Waals surface area contributed by atoms with Gasteiger partial charge in [-0.1, -0.05) is 30.5 Å². The van der Waals surface area contributed by atoms with Crippen molar-refractivity contribution in [2.24, 2.45) is 0 Å². The van der Waals surface area contributed by atoms with Gasteiger partial charge < -0.3 is 19.3 Å². The molecule has 2 fully saturated rings. The Morgan fingerprint density at radius 2 is 1.94 bits per heavy atom. The molecule has 33 heavy (non-hydrogen) atoms. The average Bonchev–Trinajstić information content (AvgIpc) is 3.27. The van der Waals surface area contributed by atoms with Gasteiger partial charge in [-0.05, 0) is 30.5 Å². The zero-order valence-electron chi connectivity index (χ0n) is 19.0. The number of methoxy groups -OCH3 is 1. The highest BCUT2D eigenvalue weighted by molar-refractivity contribution is 7.89. The summed E-state index contributed by atoms with van der Waals surface area (Å²) >= 11 is 0. The van der Waals surface area contributed by atoms with E-state index in [1.807, 2.05) is 0 Å². The van der Waals surface area contributed by atoms with E-state index in [0.717, 1.165) is 32.1 Å². The molecule has 0 atom stereocenters. The summed E-state index contributed by atoms with van der Waals surface area (Å²) in [5, 5.41) is 7.21. The van der Waals surface area contributed by atoms with E-state index in [0.29, 0.717) is 30.5 Å². The standard InChI is InChI=1S/C22H30N4O6S/c1-16-23-21(25-32-16)22(8-4-3-5-9-22)24-20(27)15-17-6-7-18(30-2)19(14-17)33(28,29)26-10-12-31-13-11-26/h6-7,14H,3-5,8-13,15H2,1-2H3,(H,24,27). The van der Waals surface area contributed by atoms with Crippen molar-refractivity contribution in [3.8, 4) is 5.75 Å². The normalized spacial score (nSPS) is 19.2. The van der Waals surface area contributed by atoms with Crippen molar-refractivity contribution in [2.45, 2.75) is 55.9 Å². The van der Waals surface area contributed by atoms with Crippen molar-refractivity contribution in [1.29, 1.82) is 0 Å². The number of carbonyl (C=O) groups excluding carboxylic acids is 1. The van der Waals surface area contributed by atoms with Crippen LogP contribution < -0.4 is 10.1 Å². The van der Waals surface area contributed by atoms with Crippen molar-refractivity contribution in [3.05, 3.63) is 35.5 Å². The predicted molar refractivity (Wildman–Crippen MR) is 118 cm³/mol. The Bertz CT molecular complexity index is 1090. The van der Waals surface area contributed by atoms with Crippen molar-refractivity contribution >= 4 is 15.9 Å². The number of nitrogens with zero attached hydrogens (tertiary/aromatic N) is 3. The maximum Gasteiger partial charge on any atom is 0.246 e. The Hall–Kier alpha value is -2.50. The number of hydrogen-bond donors (Lipinski definition) is 1. The average molecular weight is 479 g/mol. The number of ether oxygens (including phenoxy) is 2. The minimum atomic E-state index is -3.78. The molecule has 1 aromatic heterocycles. The largest absolute Gasteiger partial charge is 0.495 e. The molecular formula is C22H30N4O6S. The summed E-state index contributed by atoms with van der Waals surface area (Å²) in [7, 11) is -2.35. The minimum Gasteiger partial charge on any atom is -0.495 e. The van der Waals surface area contributed by atoms with Gasteiger partial charge in [0.15, 0.2) is 5.82 Å². The van der Waals surface area contributed by atoms with E-state index in [1.165, 1.54) is 17.5 Å². The summed E-state index contributed by atoms with van der Waals surface area (Å²) in [4.78, 5) is 17.5. The van der Waals surface area contributed by atoms with Crippen LogP contribution in [-0.2, 0) is 31.5 Å². The van der Waals surface area contributed by atoms with Crippen LogP contribution in [0, 0.1) is 6.92 Å². The molecular weight excluding hydrogens is 448 g/mol. The fourth-order valence-corrected chi connectivity index (χ4v) is 6.12. The first kappa shape index (κ1) is 23.7. The molecule has 1 N–H and O–H groups in total. The number of carbonyl (C=O) groups is 1. The van der Waals surface area contributed by atoms with Gasteiger partial charge in [0.05, 0.1) is 26.7 Å². The van der Waals surface area contributed by atoms with Crippen LogP contribution in [0.3, 0.4) is 0 Å². The lowest BCUT2D eigenvalue weighted by Crippen LogP contribution is -2.48. The van der Waals surface area contributed by atoms with E-state index >= 15 is 0 Å². The van der Waals surface area contributed by atoms with Crippen molar-refractivity contribution in [3.63, 3.8) is 0 Å². The molecule has 11 heteroatoms. The van der Waals surface area contributed by atoms with Gasteiger partial charge in [0.1, 0.15) is 16.2 Å². The quantitative estimate of drug-likeness (QED) is 0.640. The summed E-state index contributed by atoms with van der Waals surface area (Å²) in [6.07, 6.45) is 4.49. The molecule has 1 amide bonds. The molecule has 2 aliphatic rings. The van der Waals surface area contributed by atoms with Crippen molar-refractivity contribution in [2.75, 3.05) is 33.4 Å². The van der Waals surface area contributed by atoms with Gasteiger partial charge in [-0.2, -0.15) is 9.29 Å². The Balaban J connectivity index is 1.56. The molecule has 0 unspecified atom stereocenters. The summed E-state index contributed by atoms with van der Waals surface area (Å²) in [5.41, 5.74) is -0.0854. The third kappa shape index (κ3) is 5.04. The number of aromatic nitrogens is 2. The molecule has 10 nitrogen and oxygen atoms in total. The lowest BCUT2D eigenvalue weighted by Gasteiger charge is -2.35. The Morgan fingerprint density at radius 3 is 2.58 bits per heavy atom. The SMILES string of the molecule is COc1ccc(CC(=O)NC2(c3noc(C)n3)CCCCC2)cc1S(=O)(=O)N1CCOCC1. The molecule has 1 aromatic carbocycles. The highest BCUT2D eigenvalue weighted by Crippen LogP contribution is 2.36. The van der Waals surface area contributed by atoms with E-state index in [4.69, 9.17) is 14.0 Å². The molecule has 1 aliphatic heterocycles. The highest BCUT2D eigenvalue weighted by Gasteiger charge is 2.39. The van der Waals surface area contributed by atoms with Gasteiger partial charge in [0.2, 0.25) is 21.8 Å². The van der Waals surface area contributed by atoms with E-state index in [9.17, 15) is 13.2 Å².